The summed E-state index contributed by atoms with van der Waals surface area (Å²) >= 11 is 1.25. The number of anilines is 1. The number of ether oxygens (including phenoxy) is 1. The van der Waals surface area contributed by atoms with E-state index in [0.29, 0.717) is 48.8 Å². The molecule has 0 radical (unpaired) electrons. The average Bonchev–Trinajstić information content (AvgIpc) is 3.35. The number of thiophene rings is 1. The van der Waals surface area contributed by atoms with Crippen molar-refractivity contribution in [3.05, 3.63) is 88.3 Å². The minimum atomic E-state index is -1.52. The summed E-state index contributed by atoms with van der Waals surface area (Å²) in [4.78, 5) is 27.9. The number of carbonyl (C=O) groups excluding carboxylic acids is 2. The second-order valence-electron chi connectivity index (χ2n) is 10.4. The summed E-state index contributed by atoms with van der Waals surface area (Å²) in [6.07, 6.45) is 3.75. The fourth-order valence-corrected chi connectivity index (χ4v) is 7.03. The molecule has 39 heavy (non-hydrogen) atoms. The van der Waals surface area contributed by atoms with E-state index >= 15 is 0 Å². The molecule has 9 heteroatoms. The minimum absolute atomic E-state index is 0.102. The molecule has 2 aliphatic carbocycles. The number of carbonyl (C=O) groups is 2. The molecule has 0 spiro atoms. The van der Waals surface area contributed by atoms with Gasteiger partial charge in [-0.2, -0.15) is 0 Å². The number of amides is 1. The number of hydrogen-bond donors (Lipinski definition) is 5. The Hall–Kier alpha value is -3.76. The fourth-order valence-electron chi connectivity index (χ4n) is 5.83. The van der Waals surface area contributed by atoms with Crippen LogP contribution in [0.3, 0.4) is 0 Å². The van der Waals surface area contributed by atoms with Gasteiger partial charge in [-0.05, 0) is 54.3 Å². The highest BCUT2D eigenvalue weighted by atomic mass is 32.1. The Kier molecular flexibility index (Phi) is 6.39. The number of benzene rings is 3. The summed E-state index contributed by atoms with van der Waals surface area (Å²) in [6.45, 7) is 0. The largest absolute Gasteiger partial charge is 0.457 e. The number of rotatable bonds is 5. The second-order valence-corrected chi connectivity index (χ2v) is 11.4. The van der Waals surface area contributed by atoms with Gasteiger partial charge < -0.3 is 33.0 Å². The number of para-hydroxylation sites is 1. The van der Waals surface area contributed by atoms with Crippen LogP contribution in [0.1, 0.15) is 58.1 Å². The fraction of sp³-hybridized carbons (Fsp3) is 0.267. The van der Waals surface area contributed by atoms with Gasteiger partial charge in [-0.15, -0.1) is 11.3 Å². The lowest BCUT2D eigenvalue weighted by atomic mass is 9.70. The molecule has 1 saturated carbocycles. The minimum Gasteiger partial charge on any atom is -0.457 e. The number of ketones is 1. The molecule has 1 heterocycles. The summed E-state index contributed by atoms with van der Waals surface area (Å²) in [7, 11) is 0. The molecule has 3 aromatic carbocycles. The van der Waals surface area contributed by atoms with Gasteiger partial charge in [0.25, 0.3) is 5.91 Å². The summed E-state index contributed by atoms with van der Waals surface area (Å²) in [5, 5.41) is 3.77. The summed E-state index contributed by atoms with van der Waals surface area (Å²) in [5.74, 6) is 0.639. The number of hydrogen-bond acceptors (Lipinski definition) is 8. The third-order valence-electron chi connectivity index (χ3n) is 7.94. The molecular weight excluding hydrogens is 510 g/mol. The van der Waals surface area contributed by atoms with E-state index < -0.39 is 11.6 Å². The van der Waals surface area contributed by atoms with E-state index in [4.69, 9.17) is 27.7 Å². The van der Waals surface area contributed by atoms with E-state index in [1.165, 1.54) is 11.3 Å². The summed E-state index contributed by atoms with van der Waals surface area (Å²) < 4.78 is 6.61. The van der Waals surface area contributed by atoms with Crippen LogP contribution in [-0.2, 0) is 10.3 Å². The van der Waals surface area contributed by atoms with Crippen molar-refractivity contribution in [1.82, 2.24) is 5.32 Å². The van der Waals surface area contributed by atoms with Gasteiger partial charge in [0, 0.05) is 28.7 Å². The van der Waals surface area contributed by atoms with E-state index in [2.05, 4.69) is 5.32 Å². The van der Waals surface area contributed by atoms with Crippen LogP contribution in [0.2, 0.25) is 0 Å². The zero-order valence-corrected chi connectivity index (χ0v) is 22.2. The maximum Gasteiger partial charge on any atom is 0.262 e. The Morgan fingerprint density at radius 1 is 0.949 bits per heavy atom. The number of nitrogens with two attached hydrogens (primary N) is 4. The van der Waals surface area contributed by atoms with Crippen LogP contribution in [0, 0.1) is 0 Å². The van der Waals surface area contributed by atoms with Gasteiger partial charge in [-0.25, -0.2) is 0 Å². The molecule has 1 aromatic heterocycles. The SMILES string of the molecule is Nc1ccc2c3c(c(C(=O)N[C@@H]4CCCC[C@H]4N)sc13)C(N)C(=O)C2(N)c1ccc(Oc2ccccc2)cc1. The van der Waals surface area contributed by atoms with Gasteiger partial charge in [-0.3, -0.25) is 9.59 Å². The zero-order valence-electron chi connectivity index (χ0n) is 21.4. The van der Waals surface area contributed by atoms with Crippen LogP contribution in [0.25, 0.3) is 10.1 Å². The van der Waals surface area contributed by atoms with Crippen LogP contribution >= 0.6 is 11.3 Å². The van der Waals surface area contributed by atoms with E-state index in [0.717, 1.165) is 25.7 Å². The van der Waals surface area contributed by atoms with Crippen molar-refractivity contribution < 1.29 is 14.3 Å². The van der Waals surface area contributed by atoms with Crippen LogP contribution < -0.4 is 33.0 Å². The molecule has 0 bridgehead atoms. The number of nitrogen functional groups attached to an aromatic ring is 1. The number of nitrogens with one attached hydrogen (secondary N) is 1. The molecule has 2 aliphatic rings. The van der Waals surface area contributed by atoms with Gasteiger partial charge in [0.1, 0.15) is 17.0 Å². The lowest BCUT2D eigenvalue weighted by Gasteiger charge is -2.36. The van der Waals surface area contributed by atoms with Gasteiger partial charge in [-0.1, -0.05) is 49.2 Å². The van der Waals surface area contributed by atoms with E-state index in [1.54, 1.807) is 36.4 Å². The molecule has 1 fully saturated rings. The van der Waals surface area contributed by atoms with Crippen molar-refractivity contribution in [2.45, 2.75) is 49.3 Å². The topological polar surface area (TPSA) is 159 Å². The molecular formula is C30H31N5O3S. The molecule has 0 saturated heterocycles. The highest BCUT2D eigenvalue weighted by Crippen LogP contribution is 2.49. The van der Waals surface area contributed by atoms with E-state index in [-0.39, 0.29) is 23.8 Å². The smallest absolute Gasteiger partial charge is 0.262 e. The lowest BCUT2D eigenvalue weighted by Crippen LogP contribution is -2.53. The van der Waals surface area contributed by atoms with Crippen molar-refractivity contribution >= 4 is 38.8 Å². The van der Waals surface area contributed by atoms with E-state index in [1.807, 2.05) is 30.3 Å². The molecule has 200 valence electrons. The first-order valence-corrected chi connectivity index (χ1v) is 13.9. The van der Waals surface area contributed by atoms with Crippen LogP contribution in [0.4, 0.5) is 5.69 Å². The first kappa shape index (κ1) is 25.5. The third-order valence-corrected chi connectivity index (χ3v) is 9.20. The van der Waals surface area contributed by atoms with Crippen LogP contribution in [0.15, 0.2) is 66.7 Å². The van der Waals surface area contributed by atoms with Gasteiger partial charge in [0.05, 0.1) is 15.6 Å². The Labute approximate surface area is 230 Å². The van der Waals surface area contributed by atoms with Crippen molar-refractivity contribution in [3.63, 3.8) is 0 Å². The molecule has 8 nitrogen and oxygen atoms in total. The maximum atomic E-state index is 14.0. The van der Waals surface area contributed by atoms with Gasteiger partial charge >= 0.3 is 0 Å². The van der Waals surface area contributed by atoms with Gasteiger partial charge in [0.15, 0.2) is 5.78 Å². The normalized spacial score (nSPS) is 24.5. The highest BCUT2D eigenvalue weighted by molar-refractivity contribution is 7.21. The van der Waals surface area contributed by atoms with E-state index in [9.17, 15) is 9.59 Å². The quantitative estimate of drug-likeness (QED) is 0.238. The number of Topliss-reactive ketones (excluding diaryl/α,β-unsaturated/α-hetero) is 1. The molecule has 1 amide bonds. The predicted octanol–water partition coefficient (Wildman–Crippen LogP) is 4.06. The Bertz CT molecular complexity index is 1570. The highest BCUT2D eigenvalue weighted by Gasteiger charge is 2.48. The summed E-state index contributed by atoms with van der Waals surface area (Å²) in [5.41, 5.74) is 26.8. The average molecular weight is 542 g/mol. The van der Waals surface area contributed by atoms with Crippen molar-refractivity contribution in [2.24, 2.45) is 17.2 Å². The van der Waals surface area contributed by atoms with Crippen LogP contribution in [0.5, 0.6) is 11.5 Å². The van der Waals surface area contributed by atoms with Crippen molar-refractivity contribution in [1.29, 1.82) is 0 Å². The molecule has 4 atom stereocenters. The molecule has 2 unspecified atom stereocenters. The Morgan fingerprint density at radius 3 is 2.36 bits per heavy atom. The Morgan fingerprint density at radius 2 is 1.64 bits per heavy atom. The molecule has 4 aromatic rings. The second kappa shape index (κ2) is 9.77. The monoisotopic (exact) mass is 541 g/mol. The van der Waals surface area contributed by atoms with Gasteiger partial charge in [0.2, 0.25) is 0 Å². The molecule has 0 aliphatic heterocycles. The standard InChI is InChI=1S/C30H31N5O3S/c31-20-8-4-5-9-22(20)35-29(37)27-24-23-19(14-15-21(32)26(23)39-27)30(34,28(36)25(24)33)16-10-12-18(13-11-16)38-17-6-2-1-3-7-17/h1-3,6-7,10-15,20,22,25H,4-5,8-9,31-34H2,(H,35,37)/t20-,22-,25?,30?/m1/s1. The summed E-state index contributed by atoms with van der Waals surface area (Å²) in [6, 6.07) is 18.7. The van der Waals surface area contributed by atoms with Crippen molar-refractivity contribution in [2.75, 3.05) is 5.73 Å². The Balaban J connectivity index is 1.41. The predicted molar refractivity (Wildman–Crippen MR) is 154 cm³/mol. The zero-order chi connectivity index (χ0) is 27.3. The molecule has 9 N–H and O–H groups in total. The first-order chi connectivity index (χ1) is 18.8. The third kappa shape index (κ3) is 4.18. The van der Waals surface area contributed by atoms with Crippen molar-refractivity contribution in [3.8, 4) is 11.5 Å². The lowest BCUT2D eigenvalue weighted by molar-refractivity contribution is -0.124. The first-order valence-electron chi connectivity index (χ1n) is 13.1. The maximum absolute atomic E-state index is 14.0. The van der Waals surface area contributed by atoms with Crippen LogP contribution in [-0.4, -0.2) is 23.8 Å². The molecule has 6 rings (SSSR count).